The number of allylic oxidation sites excluding steroid dienone is 1. The first-order valence-corrected chi connectivity index (χ1v) is 18.0. The quantitative estimate of drug-likeness (QED) is 0.142. The van der Waals surface area contributed by atoms with Crippen LogP contribution in [0, 0.1) is 0 Å². The second-order valence-electron chi connectivity index (χ2n) is 11.5. The molecule has 4 aromatic rings. The highest BCUT2D eigenvalue weighted by molar-refractivity contribution is 9.10. The van der Waals surface area contributed by atoms with Gasteiger partial charge in [0, 0.05) is 5.56 Å². The van der Waals surface area contributed by atoms with Crippen LogP contribution in [0.25, 0.3) is 6.08 Å². The molecule has 50 heavy (non-hydrogen) atoms. The van der Waals surface area contributed by atoms with Gasteiger partial charge in [-0.2, -0.15) is 0 Å². The number of halogens is 1. The largest absolute Gasteiger partial charge is 0.491 e. The van der Waals surface area contributed by atoms with Gasteiger partial charge in [0.15, 0.2) is 16.3 Å². The van der Waals surface area contributed by atoms with Crippen molar-refractivity contribution in [1.82, 2.24) is 4.57 Å². The van der Waals surface area contributed by atoms with E-state index in [1.54, 1.807) is 43.5 Å². The molecule has 1 aliphatic heterocycles. The van der Waals surface area contributed by atoms with E-state index in [1.807, 2.05) is 69.3 Å². The zero-order chi connectivity index (χ0) is 35.9. The molecule has 1 atom stereocenters. The lowest BCUT2D eigenvalue weighted by Gasteiger charge is -2.26. The number of nitrogens with zero attached hydrogens (tertiary/aromatic N) is 2. The topological polar surface area (TPSA) is 115 Å². The molecule has 1 aliphatic rings. The van der Waals surface area contributed by atoms with E-state index in [1.165, 1.54) is 11.3 Å². The standard InChI is InChI=1S/C38H39BrN2O8S/c1-7-45-30-19-25(18-28(39)34(30)48-21-24-14-16-26(17-15-24)36(43)46-8-2)20-31-35(42)41-33(27-12-10-11-13-29(27)49-22(4)5)32(37(44)47-9-3)23(6)40-38(41)50-31/h10-20,22,33H,7-9,21H2,1-6H3/b31-20-/t33-/m0/s1. The Hall–Kier alpha value is -4.68. The van der Waals surface area contributed by atoms with E-state index in [0.717, 1.165) is 5.56 Å². The van der Waals surface area contributed by atoms with E-state index in [-0.39, 0.29) is 36.4 Å². The summed E-state index contributed by atoms with van der Waals surface area (Å²) in [5.41, 5.74) is 3.11. The molecule has 0 saturated heterocycles. The summed E-state index contributed by atoms with van der Waals surface area (Å²) in [6, 6.07) is 17.3. The van der Waals surface area contributed by atoms with Crippen LogP contribution >= 0.6 is 27.3 Å². The van der Waals surface area contributed by atoms with Gasteiger partial charge in [0.05, 0.1) is 51.8 Å². The number of carbonyl (C=O) groups is 2. The fourth-order valence-electron chi connectivity index (χ4n) is 5.49. The van der Waals surface area contributed by atoms with Gasteiger partial charge in [-0.15, -0.1) is 0 Å². The molecule has 262 valence electrons. The molecular weight excluding hydrogens is 724 g/mol. The van der Waals surface area contributed by atoms with Crippen LogP contribution in [0.2, 0.25) is 0 Å². The van der Waals surface area contributed by atoms with Gasteiger partial charge in [0.25, 0.3) is 5.56 Å². The molecule has 0 saturated carbocycles. The molecule has 0 aliphatic carbocycles. The Morgan fingerprint density at radius 1 is 0.940 bits per heavy atom. The summed E-state index contributed by atoms with van der Waals surface area (Å²) < 4.78 is 31.4. The molecular formula is C38H39BrN2O8S. The first-order chi connectivity index (χ1) is 24.1. The monoisotopic (exact) mass is 762 g/mol. The van der Waals surface area contributed by atoms with E-state index in [9.17, 15) is 14.4 Å². The van der Waals surface area contributed by atoms with Crippen LogP contribution in [-0.2, 0) is 20.9 Å². The van der Waals surface area contributed by atoms with Crippen molar-refractivity contribution in [2.24, 2.45) is 4.99 Å². The number of hydrogen-bond acceptors (Lipinski definition) is 10. The summed E-state index contributed by atoms with van der Waals surface area (Å²) in [6.07, 6.45) is 1.64. The second-order valence-corrected chi connectivity index (χ2v) is 13.3. The van der Waals surface area contributed by atoms with Crippen LogP contribution < -0.4 is 29.1 Å². The van der Waals surface area contributed by atoms with Gasteiger partial charge in [-0.05, 0) is 105 Å². The molecule has 5 rings (SSSR count). The van der Waals surface area contributed by atoms with Crippen molar-refractivity contribution in [3.8, 4) is 17.2 Å². The number of benzene rings is 3. The Bertz CT molecular complexity index is 2100. The van der Waals surface area contributed by atoms with E-state index >= 15 is 0 Å². The number of esters is 2. The number of aromatic nitrogens is 1. The maximum atomic E-state index is 14.3. The molecule has 0 amide bonds. The van der Waals surface area contributed by atoms with Gasteiger partial charge in [-0.25, -0.2) is 14.6 Å². The van der Waals surface area contributed by atoms with Crippen LogP contribution in [0.1, 0.15) is 74.6 Å². The third-order valence-corrected chi connectivity index (χ3v) is 9.14. The maximum Gasteiger partial charge on any atom is 0.338 e. The molecule has 0 fully saturated rings. The molecule has 1 aromatic heterocycles. The van der Waals surface area contributed by atoms with Gasteiger partial charge in [0.2, 0.25) is 0 Å². The number of carbonyl (C=O) groups excluding carboxylic acids is 2. The minimum atomic E-state index is -0.810. The Morgan fingerprint density at radius 3 is 2.32 bits per heavy atom. The zero-order valence-corrected chi connectivity index (χ0v) is 31.2. The highest BCUT2D eigenvalue weighted by Gasteiger charge is 2.35. The number of para-hydroxylation sites is 1. The van der Waals surface area contributed by atoms with Crippen LogP contribution in [0.5, 0.6) is 17.2 Å². The van der Waals surface area contributed by atoms with E-state index in [4.69, 9.17) is 28.7 Å². The normalized spacial score (nSPS) is 14.2. The third-order valence-electron chi connectivity index (χ3n) is 7.57. The second kappa shape index (κ2) is 16.4. The van der Waals surface area contributed by atoms with Crippen LogP contribution in [0.3, 0.4) is 0 Å². The SMILES string of the molecule is CCOC(=O)C1=C(C)N=c2s/c(=C\c3cc(Br)c(OCc4ccc(C(=O)OCC)cc4)c(OCC)c3)c(=O)n2[C@H]1c1ccccc1OC(C)C. The van der Waals surface area contributed by atoms with Crippen molar-refractivity contribution >= 4 is 45.3 Å². The smallest absolute Gasteiger partial charge is 0.338 e. The van der Waals surface area contributed by atoms with E-state index in [0.29, 0.717) is 66.7 Å². The number of ether oxygens (including phenoxy) is 5. The first kappa shape index (κ1) is 36.6. The summed E-state index contributed by atoms with van der Waals surface area (Å²) >= 11 is 4.87. The van der Waals surface area contributed by atoms with Crippen molar-refractivity contribution in [3.05, 3.63) is 118 Å². The molecule has 0 unspecified atom stereocenters. The summed E-state index contributed by atoms with van der Waals surface area (Å²) in [5, 5.41) is 0. The first-order valence-electron chi connectivity index (χ1n) is 16.4. The molecule has 0 N–H and O–H groups in total. The van der Waals surface area contributed by atoms with E-state index < -0.39 is 12.0 Å². The molecule has 0 radical (unpaired) electrons. The van der Waals surface area contributed by atoms with Crippen LogP contribution in [0.4, 0.5) is 0 Å². The average molecular weight is 764 g/mol. The predicted molar refractivity (Wildman–Crippen MR) is 195 cm³/mol. The van der Waals surface area contributed by atoms with Crippen LogP contribution in [0.15, 0.2) is 86.2 Å². The fourth-order valence-corrected chi connectivity index (χ4v) is 7.11. The molecule has 3 aromatic carbocycles. The average Bonchev–Trinajstić information content (AvgIpc) is 3.38. The van der Waals surface area contributed by atoms with Gasteiger partial charge >= 0.3 is 11.9 Å². The Morgan fingerprint density at radius 2 is 1.64 bits per heavy atom. The highest BCUT2D eigenvalue weighted by Crippen LogP contribution is 2.38. The third kappa shape index (κ3) is 8.03. The van der Waals surface area contributed by atoms with Gasteiger partial charge in [-0.1, -0.05) is 41.7 Å². The van der Waals surface area contributed by atoms with E-state index in [2.05, 4.69) is 15.9 Å². The predicted octanol–water partition coefficient (Wildman–Crippen LogP) is 6.50. The Kier molecular flexibility index (Phi) is 12.0. The number of fused-ring (bicyclic) bond motifs is 1. The molecule has 2 heterocycles. The Balaban J connectivity index is 1.54. The van der Waals surface area contributed by atoms with Crippen LogP contribution in [-0.4, -0.2) is 42.4 Å². The lowest BCUT2D eigenvalue weighted by atomic mass is 9.95. The minimum Gasteiger partial charge on any atom is -0.491 e. The van der Waals surface area contributed by atoms with Crippen molar-refractivity contribution in [1.29, 1.82) is 0 Å². The molecule has 10 nitrogen and oxygen atoms in total. The molecule has 0 bridgehead atoms. The number of thiazole rings is 1. The number of hydrogen-bond donors (Lipinski definition) is 0. The molecule has 12 heteroatoms. The highest BCUT2D eigenvalue weighted by atomic mass is 79.9. The zero-order valence-electron chi connectivity index (χ0n) is 28.8. The lowest BCUT2D eigenvalue weighted by molar-refractivity contribution is -0.139. The summed E-state index contributed by atoms with van der Waals surface area (Å²) in [7, 11) is 0. The Labute approximate surface area is 302 Å². The maximum absolute atomic E-state index is 14.3. The van der Waals surface area contributed by atoms with Gasteiger partial charge in [-0.3, -0.25) is 9.36 Å². The van der Waals surface area contributed by atoms with Gasteiger partial charge in [0.1, 0.15) is 18.4 Å². The van der Waals surface area contributed by atoms with Crippen molar-refractivity contribution in [3.63, 3.8) is 0 Å². The summed E-state index contributed by atoms with van der Waals surface area (Å²) in [6.45, 7) is 12.1. The molecule has 0 spiro atoms. The van der Waals surface area contributed by atoms with Crippen molar-refractivity contribution in [2.45, 2.75) is 60.3 Å². The summed E-state index contributed by atoms with van der Waals surface area (Å²) in [5.74, 6) is 0.635. The van der Waals surface area contributed by atoms with Gasteiger partial charge < -0.3 is 23.7 Å². The minimum absolute atomic E-state index is 0.134. The summed E-state index contributed by atoms with van der Waals surface area (Å²) in [4.78, 5) is 44.8. The van der Waals surface area contributed by atoms with Crippen molar-refractivity contribution in [2.75, 3.05) is 19.8 Å². The lowest BCUT2D eigenvalue weighted by Crippen LogP contribution is -2.40. The fraction of sp³-hybridized carbons (Fsp3) is 0.316. The van der Waals surface area contributed by atoms with Crippen molar-refractivity contribution < 1.29 is 33.3 Å². The number of rotatable bonds is 13.